The van der Waals surface area contributed by atoms with Crippen molar-refractivity contribution in [2.24, 2.45) is 0 Å². The monoisotopic (exact) mass is 382 g/mol. The van der Waals surface area contributed by atoms with Gasteiger partial charge in [-0.2, -0.15) is 0 Å². The fraction of sp³-hybridized carbons (Fsp3) is 0.429. The molecule has 1 aliphatic heterocycles. The number of rotatable bonds is 6. The number of carbonyl (C=O) groups is 2. The fourth-order valence-electron chi connectivity index (χ4n) is 3.45. The molecule has 0 bridgehead atoms. The lowest BCUT2D eigenvalue weighted by Crippen LogP contribution is -2.48. The van der Waals surface area contributed by atoms with Gasteiger partial charge in [0, 0.05) is 36.4 Å². The number of furan rings is 1. The Morgan fingerprint density at radius 1 is 0.964 bits per heavy atom. The number of hydrogen-bond donors (Lipinski definition) is 3. The van der Waals surface area contributed by atoms with Crippen LogP contribution in [0, 0.1) is 0 Å². The molecule has 7 nitrogen and oxygen atoms in total. The van der Waals surface area contributed by atoms with Crippen molar-refractivity contribution >= 4 is 17.6 Å². The minimum Gasteiger partial charge on any atom is -0.464 e. The zero-order valence-corrected chi connectivity index (χ0v) is 15.8. The van der Waals surface area contributed by atoms with Gasteiger partial charge in [0.2, 0.25) is 5.91 Å². The molecule has 2 fully saturated rings. The smallest absolute Gasteiger partial charge is 0.319 e. The summed E-state index contributed by atoms with van der Waals surface area (Å²) in [5.41, 5.74) is 1.70. The normalized spacial score (nSPS) is 17.9. The first-order chi connectivity index (χ1) is 13.7. The van der Waals surface area contributed by atoms with Gasteiger partial charge >= 0.3 is 6.03 Å². The van der Waals surface area contributed by atoms with Crippen molar-refractivity contribution in [3.05, 3.63) is 42.7 Å². The van der Waals surface area contributed by atoms with E-state index in [4.69, 9.17) is 4.42 Å². The minimum atomic E-state index is -0.198. The van der Waals surface area contributed by atoms with Crippen LogP contribution in [0.3, 0.4) is 0 Å². The molecule has 2 aromatic rings. The summed E-state index contributed by atoms with van der Waals surface area (Å²) in [6.07, 6.45) is 5.56. The third-order valence-corrected chi connectivity index (χ3v) is 5.18. The molecule has 3 amide bonds. The topological polar surface area (TPSA) is 86.6 Å². The predicted octanol–water partition coefficient (Wildman–Crippen LogP) is 2.81. The summed E-state index contributed by atoms with van der Waals surface area (Å²) in [6, 6.07) is 11.6. The van der Waals surface area contributed by atoms with E-state index in [1.807, 2.05) is 36.4 Å². The van der Waals surface area contributed by atoms with Crippen LogP contribution >= 0.6 is 0 Å². The molecule has 1 aromatic carbocycles. The first-order valence-electron chi connectivity index (χ1n) is 9.89. The standard InChI is InChI=1S/C21H26N4O3/c26-20(22-16-7-8-16)14-25-11-9-18(10-12-25)24-21(27)23-17-5-3-15(4-6-17)19-2-1-13-28-19/h1-6,13,16,18H,7-12,14H2,(H,22,26)(H2,23,24,27). The molecule has 2 heterocycles. The van der Waals surface area contributed by atoms with Gasteiger partial charge in [-0.3, -0.25) is 9.69 Å². The summed E-state index contributed by atoms with van der Waals surface area (Å²) < 4.78 is 5.37. The third-order valence-electron chi connectivity index (χ3n) is 5.18. The average molecular weight is 382 g/mol. The first-order valence-corrected chi connectivity index (χ1v) is 9.89. The zero-order chi connectivity index (χ0) is 19.3. The fourth-order valence-corrected chi connectivity index (χ4v) is 3.45. The molecule has 1 saturated heterocycles. The van der Waals surface area contributed by atoms with Gasteiger partial charge in [0.05, 0.1) is 12.8 Å². The van der Waals surface area contributed by atoms with Crippen LogP contribution in [0.4, 0.5) is 10.5 Å². The van der Waals surface area contributed by atoms with Gasteiger partial charge in [-0.25, -0.2) is 4.79 Å². The van der Waals surface area contributed by atoms with Crippen molar-refractivity contribution in [1.82, 2.24) is 15.5 Å². The summed E-state index contributed by atoms with van der Waals surface area (Å²) in [6.45, 7) is 2.10. The Hall–Kier alpha value is -2.80. The minimum absolute atomic E-state index is 0.115. The zero-order valence-electron chi connectivity index (χ0n) is 15.8. The number of nitrogens with zero attached hydrogens (tertiary/aromatic N) is 1. The van der Waals surface area contributed by atoms with Gasteiger partial charge in [-0.05, 0) is 62.1 Å². The predicted molar refractivity (Wildman–Crippen MR) is 107 cm³/mol. The van der Waals surface area contributed by atoms with Gasteiger partial charge in [-0.1, -0.05) is 0 Å². The number of piperidine rings is 1. The quantitative estimate of drug-likeness (QED) is 0.717. The maximum absolute atomic E-state index is 12.3. The summed E-state index contributed by atoms with van der Waals surface area (Å²) in [4.78, 5) is 26.3. The highest BCUT2D eigenvalue weighted by Gasteiger charge is 2.26. The van der Waals surface area contributed by atoms with Gasteiger partial charge in [0.25, 0.3) is 0 Å². The molecule has 1 saturated carbocycles. The molecule has 0 atom stereocenters. The summed E-state index contributed by atoms with van der Waals surface area (Å²) in [5, 5.41) is 8.92. The second-order valence-corrected chi connectivity index (χ2v) is 7.55. The van der Waals surface area contributed by atoms with E-state index >= 15 is 0 Å². The molecule has 148 valence electrons. The molecule has 1 aromatic heterocycles. The van der Waals surface area contributed by atoms with E-state index in [-0.39, 0.29) is 18.0 Å². The second kappa shape index (κ2) is 8.48. The molecule has 0 unspecified atom stereocenters. The van der Waals surface area contributed by atoms with Gasteiger partial charge in [-0.15, -0.1) is 0 Å². The number of urea groups is 1. The van der Waals surface area contributed by atoms with Crippen LogP contribution in [0.2, 0.25) is 0 Å². The largest absolute Gasteiger partial charge is 0.464 e. The maximum Gasteiger partial charge on any atom is 0.319 e. The number of benzene rings is 1. The lowest BCUT2D eigenvalue weighted by molar-refractivity contribution is -0.122. The van der Waals surface area contributed by atoms with Crippen molar-refractivity contribution in [2.45, 2.75) is 37.8 Å². The first kappa shape index (κ1) is 18.6. The molecular formula is C21H26N4O3. The van der Waals surface area contributed by atoms with E-state index < -0.39 is 0 Å². The highest BCUT2D eigenvalue weighted by molar-refractivity contribution is 5.89. The summed E-state index contributed by atoms with van der Waals surface area (Å²) in [5.74, 6) is 0.915. The van der Waals surface area contributed by atoms with Crippen LogP contribution < -0.4 is 16.0 Å². The Morgan fingerprint density at radius 3 is 2.32 bits per heavy atom. The molecule has 1 aliphatic carbocycles. The third kappa shape index (κ3) is 5.13. The number of anilines is 1. The number of hydrogen-bond acceptors (Lipinski definition) is 4. The van der Waals surface area contributed by atoms with Gasteiger partial charge in [0.15, 0.2) is 0 Å². The SMILES string of the molecule is O=C(CN1CCC(NC(=O)Nc2ccc(-c3ccco3)cc2)CC1)NC1CC1. The molecule has 0 radical (unpaired) electrons. The van der Waals surface area contributed by atoms with Crippen molar-refractivity contribution < 1.29 is 14.0 Å². The van der Waals surface area contributed by atoms with E-state index in [9.17, 15) is 9.59 Å². The van der Waals surface area contributed by atoms with Crippen LogP contribution in [0.15, 0.2) is 47.1 Å². The van der Waals surface area contributed by atoms with Gasteiger partial charge < -0.3 is 20.4 Å². The molecule has 3 N–H and O–H groups in total. The Morgan fingerprint density at radius 2 is 1.68 bits per heavy atom. The van der Waals surface area contributed by atoms with E-state index in [0.717, 1.165) is 55.8 Å². The van der Waals surface area contributed by atoms with E-state index in [0.29, 0.717) is 12.6 Å². The Kier molecular flexibility index (Phi) is 5.62. The highest BCUT2D eigenvalue weighted by Crippen LogP contribution is 2.22. The molecule has 2 aliphatic rings. The van der Waals surface area contributed by atoms with Gasteiger partial charge in [0.1, 0.15) is 5.76 Å². The lowest BCUT2D eigenvalue weighted by Gasteiger charge is -2.31. The molecule has 7 heteroatoms. The number of nitrogens with one attached hydrogen (secondary N) is 3. The van der Waals surface area contributed by atoms with Crippen molar-refractivity contribution in [1.29, 1.82) is 0 Å². The van der Waals surface area contributed by atoms with E-state index in [1.54, 1.807) is 6.26 Å². The molecule has 4 rings (SSSR count). The molecule has 28 heavy (non-hydrogen) atoms. The van der Waals surface area contributed by atoms with E-state index in [1.165, 1.54) is 0 Å². The maximum atomic E-state index is 12.3. The van der Waals surface area contributed by atoms with Crippen molar-refractivity contribution in [3.8, 4) is 11.3 Å². The van der Waals surface area contributed by atoms with Crippen LogP contribution in [0.25, 0.3) is 11.3 Å². The summed E-state index contributed by atoms with van der Waals surface area (Å²) >= 11 is 0. The van der Waals surface area contributed by atoms with Crippen LogP contribution in [0.5, 0.6) is 0 Å². The Balaban J connectivity index is 1.18. The van der Waals surface area contributed by atoms with Crippen molar-refractivity contribution in [3.63, 3.8) is 0 Å². The number of amides is 3. The second-order valence-electron chi connectivity index (χ2n) is 7.55. The number of likely N-dealkylation sites (tertiary alicyclic amines) is 1. The molecular weight excluding hydrogens is 356 g/mol. The Bertz CT molecular complexity index is 792. The van der Waals surface area contributed by atoms with Crippen molar-refractivity contribution in [2.75, 3.05) is 25.0 Å². The summed E-state index contributed by atoms with van der Waals surface area (Å²) in [7, 11) is 0. The van der Waals surface area contributed by atoms with Crippen LogP contribution in [-0.2, 0) is 4.79 Å². The van der Waals surface area contributed by atoms with Crippen LogP contribution in [-0.4, -0.2) is 48.6 Å². The van der Waals surface area contributed by atoms with Crippen LogP contribution in [0.1, 0.15) is 25.7 Å². The molecule has 0 spiro atoms. The lowest BCUT2D eigenvalue weighted by atomic mass is 10.1. The highest BCUT2D eigenvalue weighted by atomic mass is 16.3. The van der Waals surface area contributed by atoms with E-state index in [2.05, 4.69) is 20.9 Å². The number of carbonyl (C=O) groups excluding carboxylic acids is 2. The Labute approximate surface area is 164 Å². The average Bonchev–Trinajstić information content (AvgIpc) is 3.32.